The van der Waals surface area contributed by atoms with E-state index in [1.807, 2.05) is 48.5 Å². The number of hydrogen-bond acceptors (Lipinski definition) is 3. The highest BCUT2D eigenvalue weighted by Crippen LogP contribution is 2.42. The Balaban J connectivity index is 2.08. The second-order valence-electron chi connectivity index (χ2n) is 4.94. The van der Waals surface area contributed by atoms with Gasteiger partial charge >= 0.3 is 5.97 Å². The van der Waals surface area contributed by atoms with Gasteiger partial charge in [-0.05, 0) is 30.7 Å². The molecule has 0 aliphatic carbocycles. The van der Waals surface area contributed by atoms with E-state index in [1.54, 1.807) is 11.8 Å². The minimum absolute atomic E-state index is 0.552. The van der Waals surface area contributed by atoms with Crippen molar-refractivity contribution in [3.8, 4) is 0 Å². The van der Waals surface area contributed by atoms with Crippen LogP contribution in [-0.4, -0.2) is 16.8 Å². The molecule has 1 atom stereocenters. The van der Waals surface area contributed by atoms with Gasteiger partial charge in [0.1, 0.15) is 0 Å². The molecule has 0 saturated carbocycles. The topological polar surface area (TPSA) is 49.3 Å². The molecule has 2 aromatic carbocycles. The molecule has 2 aromatic rings. The predicted molar refractivity (Wildman–Crippen MR) is 88.9 cm³/mol. The van der Waals surface area contributed by atoms with E-state index in [-0.39, 0.29) is 0 Å². The summed E-state index contributed by atoms with van der Waals surface area (Å²) in [6, 6.07) is 15.3. The maximum atomic E-state index is 12.0. The second-order valence-corrected chi connectivity index (χ2v) is 6.99. The van der Waals surface area contributed by atoms with Gasteiger partial charge in [-0.2, -0.15) is 0 Å². The Labute approximate surface area is 135 Å². The summed E-state index contributed by atoms with van der Waals surface area (Å²) < 4.78 is 0.923. The quantitative estimate of drug-likeness (QED) is 0.851. The molecule has 0 aromatic heterocycles. The molecule has 0 amide bonds. The smallest absolute Gasteiger partial charge is 0.334 e. The van der Waals surface area contributed by atoms with E-state index in [1.165, 1.54) is 0 Å². The summed E-state index contributed by atoms with van der Waals surface area (Å²) >= 11 is 5.13. The predicted octanol–water partition coefficient (Wildman–Crippen LogP) is 4.34. The van der Waals surface area contributed by atoms with E-state index in [4.69, 9.17) is 0 Å². The zero-order valence-electron chi connectivity index (χ0n) is 11.2. The molecule has 0 radical (unpaired) electrons. The number of carboxylic acid groups (broad SMARTS) is 1. The van der Waals surface area contributed by atoms with Crippen LogP contribution in [0.2, 0.25) is 0 Å². The lowest BCUT2D eigenvalue weighted by Gasteiger charge is -2.36. The molecule has 0 fully saturated rings. The molecule has 5 heteroatoms. The van der Waals surface area contributed by atoms with Gasteiger partial charge in [0, 0.05) is 26.4 Å². The van der Waals surface area contributed by atoms with Gasteiger partial charge < -0.3 is 10.4 Å². The summed E-state index contributed by atoms with van der Waals surface area (Å²) in [4.78, 5) is 13.1. The third-order valence-electron chi connectivity index (χ3n) is 3.63. The largest absolute Gasteiger partial charge is 0.479 e. The third kappa shape index (κ3) is 2.68. The molecule has 108 valence electrons. The molecule has 2 N–H and O–H groups in total. The Bertz CT molecular complexity index is 691. The first-order chi connectivity index (χ1) is 10.1. The Kier molecular flexibility index (Phi) is 3.95. The number of rotatable bonds is 3. The van der Waals surface area contributed by atoms with Crippen molar-refractivity contribution in [1.29, 1.82) is 0 Å². The summed E-state index contributed by atoms with van der Waals surface area (Å²) in [5.41, 5.74) is 0.574. The summed E-state index contributed by atoms with van der Waals surface area (Å²) in [7, 11) is 0. The van der Waals surface area contributed by atoms with E-state index in [0.717, 1.165) is 26.4 Å². The van der Waals surface area contributed by atoms with Gasteiger partial charge in [0.2, 0.25) is 0 Å². The van der Waals surface area contributed by atoms with Crippen LogP contribution in [0.3, 0.4) is 0 Å². The van der Waals surface area contributed by atoms with Gasteiger partial charge in [-0.25, -0.2) is 4.79 Å². The van der Waals surface area contributed by atoms with Crippen molar-refractivity contribution in [2.45, 2.75) is 16.9 Å². The molecule has 1 unspecified atom stereocenters. The van der Waals surface area contributed by atoms with E-state index in [2.05, 4.69) is 21.2 Å². The standard InChI is InChI=1S/C16H14BrNO2S/c17-11-4-3-5-12(10-11)18-16(15(19)20)8-9-21-14-7-2-1-6-13(14)16/h1-7,10,18H,8-9H2,(H,19,20). The lowest BCUT2D eigenvalue weighted by Crippen LogP contribution is -2.45. The van der Waals surface area contributed by atoms with Crippen LogP contribution in [0.1, 0.15) is 12.0 Å². The van der Waals surface area contributed by atoms with Crippen molar-refractivity contribution < 1.29 is 9.90 Å². The third-order valence-corrected chi connectivity index (χ3v) is 5.20. The SMILES string of the molecule is O=C(O)C1(Nc2cccc(Br)c2)CCSc2ccccc21. The maximum absolute atomic E-state index is 12.0. The first-order valence-electron chi connectivity index (χ1n) is 6.61. The number of fused-ring (bicyclic) bond motifs is 1. The minimum atomic E-state index is -1.07. The van der Waals surface area contributed by atoms with Gasteiger partial charge in [0.25, 0.3) is 0 Å². The molecule has 1 aliphatic heterocycles. The Morgan fingerprint density at radius 3 is 2.81 bits per heavy atom. The highest BCUT2D eigenvalue weighted by atomic mass is 79.9. The Hall–Kier alpha value is -1.46. The molecule has 3 nitrogen and oxygen atoms in total. The van der Waals surface area contributed by atoms with Crippen LogP contribution in [0.5, 0.6) is 0 Å². The fraction of sp³-hybridized carbons (Fsp3) is 0.188. The van der Waals surface area contributed by atoms with Crippen molar-refractivity contribution in [3.05, 3.63) is 58.6 Å². The van der Waals surface area contributed by atoms with E-state index in [9.17, 15) is 9.90 Å². The molecular weight excluding hydrogens is 350 g/mol. The van der Waals surface area contributed by atoms with Crippen LogP contribution in [0.4, 0.5) is 5.69 Å². The van der Waals surface area contributed by atoms with E-state index >= 15 is 0 Å². The Morgan fingerprint density at radius 1 is 1.24 bits per heavy atom. The highest BCUT2D eigenvalue weighted by Gasteiger charge is 2.44. The fourth-order valence-electron chi connectivity index (χ4n) is 2.61. The van der Waals surface area contributed by atoms with Crippen LogP contribution in [0, 0.1) is 0 Å². The fourth-order valence-corrected chi connectivity index (χ4v) is 4.21. The molecule has 1 aliphatic rings. The number of aliphatic carboxylic acids is 1. The molecule has 0 bridgehead atoms. The molecule has 3 rings (SSSR count). The monoisotopic (exact) mass is 363 g/mol. The van der Waals surface area contributed by atoms with Gasteiger partial charge in [-0.1, -0.05) is 40.2 Å². The number of thioether (sulfide) groups is 1. The van der Waals surface area contributed by atoms with Gasteiger partial charge in [-0.3, -0.25) is 0 Å². The number of carbonyl (C=O) groups is 1. The van der Waals surface area contributed by atoms with Crippen LogP contribution < -0.4 is 5.32 Å². The number of halogens is 1. The first kappa shape index (κ1) is 14.5. The second kappa shape index (κ2) is 5.73. The molecular formula is C16H14BrNO2S. The Morgan fingerprint density at radius 2 is 2.05 bits per heavy atom. The van der Waals surface area contributed by atoms with Crippen molar-refractivity contribution in [2.24, 2.45) is 0 Å². The van der Waals surface area contributed by atoms with Gasteiger partial charge in [-0.15, -0.1) is 11.8 Å². The van der Waals surface area contributed by atoms with Crippen LogP contribution >= 0.6 is 27.7 Å². The van der Waals surface area contributed by atoms with Crippen LogP contribution in [0.25, 0.3) is 0 Å². The number of benzene rings is 2. The zero-order valence-corrected chi connectivity index (χ0v) is 13.6. The number of carboxylic acids is 1. The van der Waals surface area contributed by atoms with Crippen LogP contribution in [0.15, 0.2) is 57.9 Å². The summed E-state index contributed by atoms with van der Waals surface area (Å²) in [5, 5.41) is 13.1. The molecule has 0 spiro atoms. The molecule has 21 heavy (non-hydrogen) atoms. The van der Waals surface area contributed by atoms with Crippen molar-refractivity contribution in [2.75, 3.05) is 11.1 Å². The lowest BCUT2D eigenvalue weighted by atomic mass is 9.86. The first-order valence-corrected chi connectivity index (χ1v) is 8.39. The van der Waals surface area contributed by atoms with Crippen molar-refractivity contribution in [1.82, 2.24) is 0 Å². The summed E-state index contributed by atoms with van der Waals surface area (Å²) in [5.74, 6) is -0.0557. The number of hydrogen-bond donors (Lipinski definition) is 2. The normalized spacial score (nSPS) is 20.6. The van der Waals surface area contributed by atoms with Crippen LogP contribution in [-0.2, 0) is 10.3 Å². The average Bonchev–Trinajstić information content (AvgIpc) is 2.47. The number of anilines is 1. The number of nitrogens with one attached hydrogen (secondary N) is 1. The summed E-state index contributed by atoms with van der Waals surface area (Å²) in [6.07, 6.45) is 0.552. The van der Waals surface area contributed by atoms with Gasteiger partial charge in [0.05, 0.1) is 0 Å². The van der Waals surface area contributed by atoms with Crippen molar-refractivity contribution in [3.63, 3.8) is 0 Å². The zero-order chi connectivity index (χ0) is 14.9. The lowest BCUT2D eigenvalue weighted by molar-refractivity contribution is -0.143. The molecule has 0 saturated heterocycles. The van der Waals surface area contributed by atoms with Gasteiger partial charge in [0.15, 0.2) is 5.54 Å². The summed E-state index contributed by atoms with van der Waals surface area (Å²) in [6.45, 7) is 0. The molecule has 1 heterocycles. The van der Waals surface area contributed by atoms with Crippen molar-refractivity contribution >= 4 is 39.3 Å². The average molecular weight is 364 g/mol. The maximum Gasteiger partial charge on any atom is 0.334 e. The van der Waals surface area contributed by atoms with E-state index < -0.39 is 11.5 Å². The highest BCUT2D eigenvalue weighted by molar-refractivity contribution is 9.10. The minimum Gasteiger partial charge on any atom is -0.479 e. The van der Waals surface area contributed by atoms with E-state index in [0.29, 0.717) is 6.42 Å².